The summed E-state index contributed by atoms with van der Waals surface area (Å²) in [6, 6.07) is 11.4. The summed E-state index contributed by atoms with van der Waals surface area (Å²) in [6.45, 7) is 0. The summed E-state index contributed by atoms with van der Waals surface area (Å²) in [7, 11) is 0. The van der Waals surface area contributed by atoms with E-state index < -0.39 is 0 Å². The molecule has 0 spiro atoms. The highest BCUT2D eigenvalue weighted by molar-refractivity contribution is 9.11. The normalized spacial score (nSPS) is 11.0. The van der Waals surface area contributed by atoms with Crippen LogP contribution in [0.25, 0.3) is 22.6 Å². The third-order valence-electron chi connectivity index (χ3n) is 2.61. The number of aromatic nitrogens is 1. The third kappa shape index (κ3) is 1.93. The van der Waals surface area contributed by atoms with Crippen LogP contribution in [0.3, 0.4) is 0 Å². The van der Waals surface area contributed by atoms with Crippen LogP contribution in [-0.2, 0) is 0 Å². The molecule has 0 bridgehead atoms. The van der Waals surface area contributed by atoms with Crippen LogP contribution in [0.1, 0.15) is 0 Å². The first-order valence-electron chi connectivity index (χ1n) is 5.25. The number of hydrogen-bond donors (Lipinski definition) is 1. The van der Waals surface area contributed by atoms with Crippen LogP contribution in [-0.4, -0.2) is 4.98 Å². The lowest BCUT2D eigenvalue weighted by Gasteiger charge is -1.99. The second-order valence-corrected chi connectivity index (χ2v) is 5.61. The summed E-state index contributed by atoms with van der Waals surface area (Å²) in [6.07, 6.45) is 0. The first-order valence-corrected chi connectivity index (χ1v) is 6.84. The maximum absolute atomic E-state index is 5.87. The highest BCUT2D eigenvalue weighted by Gasteiger charge is 2.13. The fourth-order valence-electron chi connectivity index (χ4n) is 1.75. The minimum Gasteiger partial charge on any atom is -0.436 e. The Bertz CT molecular complexity index is 737. The van der Waals surface area contributed by atoms with E-state index in [0.29, 0.717) is 22.7 Å². The summed E-state index contributed by atoms with van der Waals surface area (Å²) < 4.78 is 7.62. The fourth-order valence-corrected chi connectivity index (χ4v) is 2.52. The van der Waals surface area contributed by atoms with Gasteiger partial charge in [0.25, 0.3) is 0 Å². The molecule has 0 radical (unpaired) electrons. The van der Waals surface area contributed by atoms with E-state index in [2.05, 4.69) is 36.8 Å². The summed E-state index contributed by atoms with van der Waals surface area (Å²) >= 11 is 6.93. The number of anilines is 1. The number of hydrogen-bond acceptors (Lipinski definition) is 3. The van der Waals surface area contributed by atoms with Crippen LogP contribution < -0.4 is 5.73 Å². The molecule has 3 nitrogen and oxygen atoms in total. The molecule has 0 aliphatic heterocycles. The molecule has 0 amide bonds. The lowest BCUT2D eigenvalue weighted by atomic mass is 10.2. The van der Waals surface area contributed by atoms with E-state index in [0.717, 1.165) is 14.5 Å². The van der Waals surface area contributed by atoms with Crippen molar-refractivity contribution in [3.63, 3.8) is 0 Å². The summed E-state index contributed by atoms with van der Waals surface area (Å²) in [4.78, 5) is 4.44. The molecule has 1 heterocycles. The van der Waals surface area contributed by atoms with Gasteiger partial charge in [-0.25, -0.2) is 4.98 Å². The predicted molar refractivity (Wildman–Crippen MR) is 79.3 cm³/mol. The molecule has 5 heteroatoms. The van der Waals surface area contributed by atoms with E-state index in [-0.39, 0.29) is 0 Å². The van der Waals surface area contributed by atoms with Gasteiger partial charge < -0.3 is 10.2 Å². The highest BCUT2D eigenvalue weighted by atomic mass is 79.9. The zero-order chi connectivity index (χ0) is 12.7. The Balaban J connectivity index is 2.26. The molecule has 0 saturated carbocycles. The zero-order valence-corrected chi connectivity index (χ0v) is 12.3. The monoisotopic (exact) mass is 366 g/mol. The Morgan fingerprint density at radius 2 is 1.94 bits per heavy atom. The number of para-hydroxylation sites is 1. The first-order chi connectivity index (χ1) is 8.65. The third-order valence-corrected chi connectivity index (χ3v) is 3.79. The Morgan fingerprint density at radius 3 is 2.72 bits per heavy atom. The lowest BCUT2D eigenvalue weighted by molar-refractivity contribution is 0.619. The molecule has 90 valence electrons. The van der Waals surface area contributed by atoms with Gasteiger partial charge in [0.1, 0.15) is 5.52 Å². The maximum Gasteiger partial charge on any atom is 0.228 e. The second kappa shape index (κ2) is 4.40. The minimum absolute atomic E-state index is 0.552. The average Bonchev–Trinajstić information content (AvgIpc) is 2.77. The van der Waals surface area contributed by atoms with Gasteiger partial charge in [-0.05, 0) is 46.3 Å². The van der Waals surface area contributed by atoms with Gasteiger partial charge in [0.2, 0.25) is 5.89 Å². The van der Waals surface area contributed by atoms with Crippen LogP contribution in [0, 0.1) is 0 Å². The van der Waals surface area contributed by atoms with Crippen molar-refractivity contribution in [2.75, 3.05) is 5.73 Å². The number of halogens is 2. The number of rotatable bonds is 1. The SMILES string of the molecule is Nc1cccc2oc(-c3cc(Br)ccc3Br)nc12. The number of fused-ring (bicyclic) bond motifs is 1. The topological polar surface area (TPSA) is 52.0 Å². The van der Waals surface area contributed by atoms with E-state index in [1.165, 1.54) is 0 Å². The van der Waals surface area contributed by atoms with Crippen LogP contribution in [0.2, 0.25) is 0 Å². The van der Waals surface area contributed by atoms with E-state index in [1.807, 2.05) is 36.4 Å². The van der Waals surface area contributed by atoms with E-state index in [4.69, 9.17) is 10.2 Å². The molecular formula is C13H8Br2N2O. The van der Waals surface area contributed by atoms with E-state index in [1.54, 1.807) is 0 Å². The van der Waals surface area contributed by atoms with Gasteiger partial charge in [-0.3, -0.25) is 0 Å². The van der Waals surface area contributed by atoms with Crippen LogP contribution in [0.5, 0.6) is 0 Å². The quantitative estimate of drug-likeness (QED) is 0.639. The smallest absolute Gasteiger partial charge is 0.228 e. The molecule has 0 unspecified atom stereocenters. The van der Waals surface area contributed by atoms with E-state index in [9.17, 15) is 0 Å². The van der Waals surface area contributed by atoms with Gasteiger partial charge in [0.05, 0.1) is 11.3 Å². The molecule has 0 aliphatic carbocycles. The van der Waals surface area contributed by atoms with Crippen molar-refractivity contribution in [1.82, 2.24) is 4.98 Å². The average molecular weight is 368 g/mol. The Hall–Kier alpha value is -1.33. The summed E-state index contributed by atoms with van der Waals surface area (Å²) in [5, 5.41) is 0. The van der Waals surface area contributed by atoms with Gasteiger partial charge in [-0.1, -0.05) is 22.0 Å². The van der Waals surface area contributed by atoms with Crippen molar-refractivity contribution >= 4 is 48.6 Å². The van der Waals surface area contributed by atoms with Gasteiger partial charge in [-0.2, -0.15) is 0 Å². The van der Waals surface area contributed by atoms with Crippen molar-refractivity contribution in [2.24, 2.45) is 0 Å². The molecule has 0 saturated heterocycles. The molecule has 0 fully saturated rings. The number of nitrogens with two attached hydrogens (primary N) is 1. The molecule has 3 rings (SSSR count). The van der Waals surface area contributed by atoms with Crippen LogP contribution >= 0.6 is 31.9 Å². The Kier molecular flexibility index (Phi) is 2.87. The second-order valence-electron chi connectivity index (χ2n) is 3.84. The van der Waals surface area contributed by atoms with Gasteiger partial charge >= 0.3 is 0 Å². The number of nitrogen functional groups attached to an aromatic ring is 1. The molecule has 2 aromatic carbocycles. The molecular weight excluding hydrogens is 360 g/mol. The predicted octanol–water partition coefficient (Wildman–Crippen LogP) is 4.60. The maximum atomic E-state index is 5.87. The van der Waals surface area contributed by atoms with E-state index >= 15 is 0 Å². The largest absolute Gasteiger partial charge is 0.436 e. The van der Waals surface area contributed by atoms with Crippen molar-refractivity contribution in [1.29, 1.82) is 0 Å². The molecule has 18 heavy (non-hydrogen) atoms. The van der Waals surface area contributed by atoms with Crippen LogP contribution in [0.4, 0.5) is 5.69 Å². The first kappa shape index (κ1) is 11.7. The van der Waals surface area contributed by atoms with Crippen molar-refractivity contribution in [3.8, 4) is 11.5 Å². The number of nitrogens with zero attached hydrogens (tertiary/aromatic N) is 1. The van der Waals surface area contributed by atoms with Gasteiger partial charge in [0, 0.05) is 8.95 Å². The van der Waals surface area contributed by atoms with Crippen molar-refractivity contribution in [3.05, 3.63) is 45.3 Å². The summed E-state index contributed by atoms with van der Waals surface area (Å²) in [5.41, 5.74) is 8.77. The highest BCUT2D eigenvalue weighted by Crippen LogP contribution is 2.33. The van der Waals surface area contributed by atoms with Gasteiger partial charge in [0.15, 0.2) is 5.58 Å². The minimum atomic E-state index is 0.552. The molecule has 0 aliphatic rings. The zero-order valence-electron chi connectivity index (χ0n) is 9.15. The van der Waals surface area contributed by atoms with Gasteiger partial charge in [-0.15, -0.1) is 0 Å². The standard InChI is InChI=1S/C13H8Br2N2O/c14-7-4-5-9(15)8(6-7)13-17-12-10(16)2-1-3-11(12)18-13/h1-6H,16H2. The number of benzene rings is 2. The fraction of sp³-hybridized carbons (Fsp3) is 0. The Morgan fingerprint density at radius 1 is 1.11 bits per heavy atom. The molecule has 1 aromatic heterocycles. The molecule has 0 atom stereocenters. The molecule has 2 N–H and O–H groups in total. The van der Waals surface area contributed by atoms with Crippen molar-refractivity contribution in [2.45, 2.75) is 0 Å². The Labute approximate surface area is 120 Å². The molecule has 3 aromatic rings. The van der Waals surface area contributed by atoms with Crippen molar-refractivity contribution < 1.29 is 4.42 Å². The van der Waals surface area contributed by atoms with Crippen LogP contribution in [0.15, 0.2) is 49.8 Å². The lowest BCUT2D eigenvalue weighted by Crippen LogP contribution is -1.85. The number of oxazole rings is 1. The summed E-state index contributed by atoms with van der Waals surface area (Å²) in [5.74, 6) is 0.552.